The van der Waals surface area contributed by atoms with Gasteiger partial charge in [0.25, 0.3) is 0 Å². The Hall–Kier alpha value is -1.30. The predicted octanol–water partition coefficient (Wildman–Crippen LogP) is -0.550. The number of hydrogen-bond donors (Lipinski definition) is 2. The van der Waals surface area contributed by atoms with E-state index in [2.05, 4.69) is 0 Å². The van der Waals surface area contributed by atoms with Crippen molar-refractivity contribution in [2.45, 2.75) is 5.60 Å². The zero-order chi connectivity index (χ0) is 9.35. The number of likely N-dealkylation sites (tertiary alicyclic amines) is 1. The molecule has 1 heterocycles. The molecule has 0 saturated carbocycles. The zero-order valence-electron chi connectivity index (χ0n) is 6.48. The lowest BCUT2D eigenvalue weighted by atomic mass is 9.95. The third-order valence-corrected chi connectivity index (χ3v) is 1.94. The molecule has 1 aliphatic rings. The van der Waals surface area contributed by atoms with E-state index in [9.17, 15) is 9.59 Å². The predicted molar refractivity (Wildman–Crippen MR) is 37.0 cm³/mol. The van der Waals surface area contributed by atoms with E-state index >= 15 is 0 Å². The first kappa shape index (κ1) is 8.79. The van der Waals surface area contributed by atoms with Crippen molar-refractivity contribution in [3.8, 4) is 0 Å². The van der Waals surface area contributed by atoms with Crippen LogP contribution in [0, 0.1) is 0 Å². The van der Waals surface area contributed by atoms with Crippen molar-refractivity contribution in [2.24, 2.45) is 0 Å². The van der Waals surface area contributed by atoms with Crippen LogP contribution in [0.5, 0.6) is 0 Å². The van der Waals surface area contributed by atoms with Gasteiger partial charge in [-0.15, -0.1) is 0 Å². The van der Waals surface area contributed by atoms with Gasteiger partial charge in [0.05, 0.1) is 13.1 Å². The van der Waals surface area contributed by atoms with Crippen LogP contribution >= 0.6 is 0 Å². The summed E-state index contributed by atoms with van der Waals surface area (Å²) in [7, 11) is 1.26. The summed E-state index contributed by atoms with van der Waals surface area (Å²) in [4.78, 5) is 21.8. The van der Waals surface area contributed by atoms with Gasteiger partial charge in [0.1, 0.15) is 0 Å². The minimum atomic E-state index is -1.32. The highest BCUT2D eigenvalue weighted by molar-refractivity contribution is 5.82. The summed E-state index contributed by atoms with van der Waals surface area (Å²) in [6.07, 6.45) is -1.12. The highest BCUT2D eigenvalue weighted by atomic mass is 16.5. The molecule has 12 heavy (non-hydrogen) atoms. The first-order valence-electron chi connectivity index (χ1n) is 3.28. The van der Waals surface area contributed by atoms with E-state index in [1.165, 1.54) is 7.11 Å². The Bertz CT molecular complexity index is 220. The number of hydrogen-bond acceptors (Lipinski definition) is 3. The lowest BCUT2D eigenvalue weighted by molar-refractivity contribution is -0.180. The van der Waals surface area contributed by atoms with Crippen LogP contribution in [-0.4, -0.2) is 53.0 Å². The molecule has 0 aromatic carbocycles. The summed E-state index contributed by atoms with van der Waals surface area (Å²) < 4.78 is 4.71. The summed E-state index contributed by atoms with van der Waals surface area (Å²) in [6.45, 7) is -0.206. The highest BCUT2D eigenvalue weighted by Gasteiger charge is 2.52. The van der Waals surface area contributed by atoms with E-state index in [0.29, 0.717) is 0 Å². The SMILES string of the molecule is COC1(C(=O)O)CN(C(=O)O)C1. The standard InChI is InChI=1S/C6H9NO5/c1-12-6(4(8)9)2-7(3-6)5(10)11/h2-3H2,1H3,(H,8,9)(H,10,11). The van der Waals surface area contributed by atoms with Gasteiger partial charge in [-0.05, 0) is 0 Å². The normalized spacial score (nSPS) is 19.9. The molecule has 0 aromatic heterocycles. The van der Waals surface area contributed by atoms with Gasteiger partial charge in [-0.25, -0.2) is 9.59 Å². The number of ether oxygens (including phenoxy) is 1. The van der Waals surface area contributed by atoms with Crippen LogP contribution in [0.15, 0.2) is 0 Å². The highest BCUT2D eigenvalue weighted by Crippen LogP contribution is 2.24. The molecule has 0 bridgehead atoms. The van der Waals surface area contributed by atoms with E-state index in [0.717, 1.165) is 4.90 Å². The minimum absolute atomic E-state index is 0.103. The van der Waals surface area contributed by atoms with Gasteiger partial charge >= 0.3 is 12.1 Å². The summed E-state index contributed by atoms with van der Waals surface area (Å²) in [5.41, 5.74) is -1.32. The molecule has 68 valence electrons. The lowest BCUT2D eigenvalue weighted by Crippen LogP contribution is -2.68. The number of carbonyl (C=O) groups is 2. The molecule has 1 rings (SSSR count). The van der Waals surface area contributed by atoms with Crippen molar-refractivity contribution < 1.29 is 24.5 Å². The first-order chi connectivity index (χ1) is 5.52. The zero-order valence-corrected chi connectivity index (χ0v) is 6.48. The smallest absolute Gasteiger partial charge is 0.407 e. The quantitative estimate of drug-likeness (QED) is 0.588. The van der Waals surface area contributed by atoms with E-state index in [4.69, 9.17) is 14.9 Å². The Kier molecular flexibility index (Phi) is 1.93. The summed E-state index contributed by atoms with van der Waals surface area (Å²) in [5.74, 6) is -1.12. The van der Waals surface area contributed by atoms with E-state index in [1.54, 1.807) is 0 Å². The van der Waals surface area contributed by atoms with Crippen LogP contribution in [0.25, 0.3) is 0 Å². The second-order valence-electron chi connectivity index (χ2n) is 2.64. The van der Waals surface area contributed by atoms with Gasteiger partial charge < -0.3 is 19.8 Å². The number of carboxylic acids is 1. The Morgan fingerprint density at radius 3 is 2.17 bits per heavy atom. The molecule has 6 nitrogen and oxygen atoms in total. The molecule has 0 unspecified atom stereocenters. The van der Waals surface area contributed by atoms with Crippen LogP contribution in [-0.2, 0) is 9.53 Å². The molecule has 2 N–H and O–H groups in total. The van der Waals surface area contributed by atoms with E-state index < -0.39 is 17.7 Å². The lowest BCUT2D eigenvalue weighted by Gasteiger charge is -2.43. The Morgan fingerprint density at radius 1 is 1.42 bits per heavy atom. The maximum absolute atomic E-state index is 10.6. The van der Waals surface area contributed by atoms with Crippen LogP contribution in [0.4, 0.5) is 4.79 Å². The number of aliphatic carboxylic acids is 1. The molecule has 1 saturated heterocycles. The fourth-order valence-electron chi connectivity index (χ4n) is 1.06. The van der Waals surface area contributed by atoms with Gasteiger partial charge in [0, 0.05) is 7.11 Å². The molecule has 0 radical (unpaired) electrons. The average Bonchev–Trinajstić information content (AvgIpc) is 1.84. The summed E-state index contributed by atoms with van der Waals surface area (Å²) in [5, 5.41) is 17.1. The van der Waals surface area contributed by atoms with E-state index in [1.807, 2.05) is 0 Å². The fourth-order valence-corrected chi connectivity index (χ4v) is 1.06. The van der Waals surface area contributed by atoms with Crippen molar-refractivity contribution in [1.82, 2.24) is 4.90 Å². The Balaban J connectivity index is 2.58. The number of carboxylic acid groups (broad SMARTS) is 2. The van der Waals surface area contributed by atoms with Crippen molar-refractivity contribution >= 4 is 12.1 Å². The first-order valence-corrected chi connectivity index (χ1v) is 3.28. The summed E-state index contributed by atoms with van der Waals surface area (Å²) >= 11 is 0. The van der Waals surface area contributed by atoms with Crippen molar-refractivity contribution in [2.75, 3.05) is 20.2 Å². The maximum Gasteiger partial charge on any atom is 0.407 e. The molecular formula is C6H9NO5. The van der Waals surface area contributed by atoms with Crippen LogP contribution in [0.2, 0.25) is 0 Å². The van der Waals surface area contributed by atoms with Crippen molar-refractivity contribution in [3.05, 3.63) is 0 Å². The van der Waals surface area contributed by atoms with Gasteiger partial charge in [-0.1, -0.05) is 0 Å². The van der Waals surface area contributed by atoms with Crippen LogP contribution in [0.1, 0.15) is 0 Å². The number of rotatable bonds is 2. The molecule has 0 aliphatic carbocycles. The molecule has 1 amide bonds. The molecule has 0 spiro atoms. The Morgan fingerprint density at radius 2 is 1.92 bits per heavy atom. The number of amides is 1. The number of methoxy groups -OCH3 is 1. The van der Waals surface area contributed by atoms with E-state index in [-0.39, 0.29) is 13.1 Å². The third kappa shape index (κ3) is 1.10. The fraction of sp³-hybridized carbons (Fsp3) is 0.667. The molecule has 6 heteroatoms. The largest absolute Gasteiger partial charge is 0.479 e. The van der Waals surface area contributed by atoms with Gasteiger partial charge in [-0.2, -0.15) is 0 Å². The average molecular weight is 175 g/mol. The second-order valence-corrected chi connectivity index (χ2v) is 2.64. The van der Waals surface area contributed by atoms with Gasteiger partial charge in [0.2, 0.25) is 0 Å². The molecule has 1 aliphatic heterocycles. The maximum atomic E-state index is 10.6. The molecular weight excluding hydrogens is 166 g/mol. The topological polar surface area (TPSA) is 87.1 Å². The molecule has 0 atom stereocenters. The monoisotopic (exact) mass is 175 g/mol. The third-order valence-electron chi connectivity index (χ3n) is 1.94. The van der Waals surface area contributed by atoms with Crippen molar-refractivity contribution in [3.63, 3.8) is 0 Å². The van der Waals surface area contributed by atoms with Gasteiger partial charge in [-0.3, -0.25) is 0 Å². The van der Waals surface area contributed by atoms with Crippen molar-refractivity contribution in [1.29, 1.82) is 0 Å². The van der Waals surface area contributed by atoms with Gasteiger partial charge in [0.15, 0.2) is 5.60 Å². The molecule has 0 aromatic rings. The van der Waals surface area contributed by atoms with Crippen LogP contribution in [0.3, 0.4) is 0 Å². The summed E-state index contributed by atoms with van der Waals surface area (Å²) in [6, 6.07) is 0. The second kappa shape index (κ2) is 2.63. The Labute approximate surface area is 68.3 Å². The van der Waals surface area contributed by atoms with Crippen LogP contribution < -0.4 is 0 Å². The number of nitrogens with zero attached hydrogens (tertiary/aromatic N) is 1. The molecule has 1 fully saturated rings. The minimum Gasteiger partial charge on any atom is -0.479 e.